The first kappa shape index (κ1) is 18.4. The summed E-state index contributed by atoms with van der Waals surface area (Å²) in [7, 11) is 0. The summed E-state index contributed by atoms with van der Waals surface area (Å²) in [5, 5.41) is 21.4. The number of rotatable bonds is 3. The minimum absolute atomic E-state index is 0. The number of aromatic amines is 1. The lowest BCUT2D eigenvalue weighted by atomic mass is 10.0. The first-order valence-electron chi connectivity index (χ1n) is 8.13. The molecular formula is C19H22ClN5O. The molecule has 1 aliphatic heterocycles. The van der Waals surface area contributed by atoms with Crippen LogP contribution >= 0.6 is 11.6 Å². The van der Waals surface area contributed by atoms with Crippen LogP contribution in [-0.4, -0.2) is 46.2 Å². The van der Waals surface area contributed by atoms with Gasteiger partial charge in [-0.05, 0) is 29.8 Å². The lowest BCUT2D eigenvalue weighted by molar-refractivity contribution is 0.131. The normalized spacial score (nSPS) is 17.0. The molecule has 0 amide bonds. The number of halogens is 1. The average molecular weight is 372 g/mol. The second-order valence-corrected chi connectivity index (χ2v) is 6.39. The molecule has 3 N–H and O–H groups in total. The largest absolute Gasteiger partial charge is 0.377 e. The van der Waals surface area contributed by atoms with Crippen LogP contribution in [0.15, 0.2) is 48.8 Å². The Morgan fingerprint density at radius 1 is 1.08 bits per heavy atom. The molecule has 6 nitrogen and oxygen atoms in total. The number of piperazine rings is 1. The van der Waals surface area contributed by atoms with Gasteiger partial charge >= 0.3 is 0 Å². The molecule has 1 aromatic carbocycles. The van der Waals surface area contributed by atoms with Crippen LogP contribution in [0.4, 0.5) is 5.82 Å². The number of benzene rings is 1. The Bertz CT molecular complexity index is 850. The van der Waals surface area contributed by atoms with Gasteiger partial charge in [0.1, 0.15) is 6.23 Å². The molecule has 0 bridgehead atoms. The third kappa shape index (κ3) is 3.58. The first-order chi connectivity index (χ1) is 12.2. The summed E-state index contributed by atoms with van der Waals surface area (Å²) in [6.45, 7) is 1.98. The van der Waals surface area contributed by atoms with E-state index in [1.165, 1.54) is 0 Å². The van der Waals surface area contributed by atoms with Crippen molar-refractivity contribution in [1.29, 1.82) is 0 Å². The van der Waals surface area contributed by atoms with E-state index in [4.69, 9.17) is 11.6 Å². The molecule has 136 valence electrons. The molecule has 1 fully saturated rings. The monoisotopic (exact) mass is 371 g/mol. The second kappa shape index (κ2) is 7.86. The fourth-order valence-electron chi connectivity index (χ4n) is 3.10. The molecule has 1 atom stereocenters. The van der Waals surface area contributed by atoms with Gasteiger partial charge < -0.3 is 10.0 Å². The highest BCUT2D eigenvalue weighted by Gasteiger charge is 2.25. The quantitative estimate of drug-likeness (QED) is 0.659. The number of anilines is 1. The summed E-state index contributed by atoms with van der Waals surface area (Å²) < 4.78 is 0. The zero-order valence-electron chi connectivity index (χ0n) is 13.5. The van der Waals surface area contributed by atoms with E-state index in [-0.39, 0.29) is 7.43 Å². The van der Waals surface area contributed by atoms with Gasteiger partial charge in [-0.2, -0.15) is 5.10 Å². The van der Waals surface area contributed by atoms with Gasteiger partial charge in [0.15, 0.2) is 5.82 Å². The van der Waals surface area contributed by atoms with E-state index in [9.17, 15) is 5.11 Å². The maximum absolute atomic E-state index is 9.94. The predicted octanol–water partition coefficient (Wildman–Crippen LogP) is 3.16. The minimum atomic E-state index is -0.560. The summed E-state index contributed by atoms with van der Waals surface area (Å²) in [4.78, 5) is 6.20. The molecule has 0 saturated carbocycles. The molecule has 2 aromatic heterocycles. The third-order valence-electron chi connectivity index (χ3n) is 4.30. The molecule has 3 aromatic rings. The molecule has 7 heteroatoms. The number of aliphatic hydroxyl groups is 1. The Labute approximate surface area is 157 Å². The fourth-order valence-corrected chi connectivity index (χ4v) is 3.23. The van der Waals surface area contributed by atoms with Crippen LogP contribution in [0.2, 0.25) is 5.02 Å². The minimum Gasteiger partial charge on any atom is -0.377 e. The van der Waals surface area contributed by atoms with Gasteiger partial charge in [0.25, 0.3) is 0 Å². The number of nitrogens with one attached hydrogen (secondary N) is 2. The number of pyridine rings is 1. The zero-order chi connectivity index (χ0) is 17.2. The molecule has 1 saturated heterocycles. The molecule has 3 heterocycles. The number of nitrogens with zero attached hydrogens (tertiary/aromatic N) is 3. The van der Waals surface area contributed by atoms with Crippen LogP contribution in [0.25, 0.3) is 22.4 Å². The van der Waals surface area contributed by atoms with Gasteiger partial charge in [0, 0.05) is 36.1 Å². The van der Waals surface area contributed by atoms with Crippen molar-refractivity contribution in [1.82, 2.24) is 20.5 Å². The molecule has 0 aliphatic carbocycles. The fraction of sp³-hybridized carbons (Fsp3) is 0.263. The maximum atomic E-state index is 9.94. The van der Waals surface area contributed by atoms with Gasteiger partial charge in [0.2, 0.25) is 0 Å². The van der Waals surface area contributed by atoms with Gasteiger partial charge in [-0.15, -0.1) is 0 Å². The third-order valence-corrected chi connectivity index (χ3v) is 4.56. The highest BCUT2D eigenvalue weighted by Crippen LogP contribution is 2.38. The Kier molecular flexibility index (Phi) is 5.56. The zero-order valence-corrected chi connectivity index (χ0v) is 14.2. The summed E-state index contributed by atoms with van der Waals surface area (Å²) in [5.74, 6) is 0.830. The van der Waals surface area contributed by atoms with Crippen LogP contribution in [-0.2, 0) is 0 Å². The van der Waals surface area contributed by atoms with Gasteiger partial charge in [-0.25, -0.2) is 0 Å². The molecule has 4 rings (SSSR count). The van der Waals surface area contributed by atoms with Crippen molar-refractivity contribution < 1.29 is 5.11 Å². The summed E-state index contributed by atoms with van der Waals surface area (Å²) in [6.07, 6.45) is 2.98. The molecule has 0 spiro atoms. The number of aliphatic hydroxyl groups excluding tert-OH is 1. The van der Waals surface area contributed by atoms with Crippen LogP contribution in [0.3, 0.4) is 0 Å². The molecule has 26 heavy (non-hydrogen) atoms. The SMILES string of the molecule is C.OC1CN(c2n[nH]c(-c3ccc(Cl)cc3)c2-c2ccncc2)CCN1. The maximum Gasteiger partial charge on any atom is 0.159 e. The standard InChI is InChI=1S/C18H18ClN5O.CH4/c19-14-3-1-13(2-4-14)17-16(12-5-7-20-8-6-12)18(23-22-17)24-10-9-21-15(25)11-24;/h1-8,15,21,25H,9-11H2,(H,22,23);1H4. The average Bonchev–Trinajstić information content (AvgIpc) is 3.08. The van der Waals surface area contributed by atoms with E-state index >= 15 is 0 Å². The first-order valence-corrected chi connectivity index (χ1v) is 8.51. The van der Waals surface area contributed by atoms with Crippen LogP contribution in [0, 0.1) is 0 Å². The lowest BCUT2D eigenvalue weighted by Gasteiger charge is -2.31. The van der Waals surface area contributed by atoms with E-state index in [0.717, 1.165) is 34.7 Å². The van der Waals surface area contributed by atoms with Gasteiger partial charge in [-0.3, -0.25) is 15.4 Å². The van der Waals surface area contributed by atoms with Crippen LogP contribution in [0.5, 0.6) is 0 Å². The Hall–Kier alpha value is -2.41. The van der Waals surface area contributed by atoms with Crippen LogP contribution < -0.4 is 10.2 Å². The van der Waals surface area contributed by atoms with Gasteiger partial charge in [0.05, 0.1) is 17.8 Å². The number of H-pyrrole nitrogens is 1. The highest BCUT2D eigenvalue weighted by atomic mass is 35.5. The van der Waals surface area contributed by atoms with E-state index in [1.54, 1.807) is 12.4 Å². The van der Waals surface area contributed by atoms with Crippen molar-refractivity contribution in [2.24, 2.45) is 0 Å². The summed E-state index contributed by atoms with van der Waals surface area (Å²) in [6, 6.07) is 11.6. The second-order valence-electron chi connectivity index (χ2n) is 5.96. The number of hydrogen-bond donors (Lipinski definition) is 3. The number of hydrogen-bond acceptors (Lipinski definition) is 5. The number of aromatic nitrogens is 3. The van der Waals surface area contributed by atoms with Crippen molar-refractivity contribution in [3.63, 3.8) is 0 Å². The number of β-amino-alcohol motifs (C(OH)–C–C–N with tert-alkyl or cyclic N) is 1. The predicted molar refractivity (Wildman–Crippen MR) is 105 cm³/mol. The Balaban J connectivity index is 0.00000196. The van der Waals surface area contributed by atoms with Crippen molar-refractivity contribution >= 4 is 17.4 Å². The topological polar surface area (TPSA) is 77.1 Å². The van der Waals surface area contributed by atoms with E-state index in [2.05, 4.69) is 25.4 Å². The van der Waals surface area contributed by atoms with E-state index in [0.29, 0.717) is 18.1 Å². The highest BCUT2D eigenvalue weighted by molar-refractivity contribution is 6.30. The summed E-state index contributed by atoms with van der Waals surface area (Å²) in [5.41, 5.74) is 3.95. The Morgan fingerprint density at radius 2 is 1.81 bits per heavy atom. The van der Waals surface area contributed by atoms with E-state index < -0.39 is 6.23 Å². The van der Waals surface area contributed by atoms with Crippen LogP contribution in [0.1, 0.15) is 7.43 Å². The van der Waals surface area contributed by atoms with Crippen molar-refractivity contribution in [2.75, 3.05) is 24.5 Å². The van der Waals surface area contributed by atoms with Gasteiger partial charge in [-0.1, -0.05) is 31.2 Å². The Morgan fingerprint density at radius 3 is 2.50 bits per heavy atom. The van der Waals surface area contributed by atoms with Crippen molar-refractivity contribution in [2.45, 2.75) is 13.7 Å². The molecule has 1 unspecified atom stereocenters. The molecular weight excluding hydrogens is 350 g/mol. The summed E-state index contributed by atoms with van der Waals surface area (Å²) >= 11 is 6.02. The lowest BCUT2D eigenvalue weighted by Crippen LogP contribution is -2.50. The van der Waals surface area contributed by atoms with E-state index in [1.807, 2.05) is 36.4 Å². The van der Waals surface area contributed by atoms with Crippen molar-refractivity contribution in [3.8, 4) is 22.4 Å². The molecule has 0 radical (unpaired) electrons. The van der Waals surface area contributed by atoms with Crippen molar-refractivity contribution in [3.05, 3.63) is 53.8 Å². The molecule has 1 aliphatic rings. The smallest absolute Gasteiger partial charge is 0.159 e.